The maximum Gasteiger partial charge on any atom is 0.226 e. The molecular weight excluding hydrogens is 337 g/mol. The van der Waals surface area contributed by atoms with Crippen molar-refractivity contribution in [1.82, 2.24) is 9.80 Å². The molecular formula is C16H31Cl2N3O2. The van der Waals surface area contributed by atoms with Crippen LogP contribution in [0.2, 0.25) is 0 Å². The quantitative estimate of drug-likeness (QED) is 0.815. The Bertz CT molecular complexity index is 359. The van der Waals surface area contributed by atoms with Crippen molar-refractivity contribution in [3.63, 3.8) is 0 Å². The lowest BCUT2D eigenvalue weighted by Crippen LogP contribution is -2.51. The molecule has 3 atom stereocenters. The van der Waals surface area contributed by atoms with Gasteiger partial charge in [0, 0.05) is 45.2 Å². The Hall–Kier alpha value is -0.0700. The lowest BCUT2D eigenvalue weighted by molar-refractivity contribution is -0.138. The van der Waals surface area contributed by atoms with Gasteiger partial charge in [0.2, 0.25) is 5.91 Å². The Labute approximate surface area is 152 Å². The number of halogens is 2. The number of rotatable bonds is 4. The second-order valence-electron chi connectivity index (χ2n) is 6.89. The summed E-state index contributed by atoms with van der Waals surface area (Å²) in [5.74, 6) is 1.69. The Morgan fingerprint density at radius 2 is 1.83 bits per heavy atom. The number of ether oxygens (including phenoxy) is 1. The third kappa shape index (κ3) is 5.20. The minimum Gasteiger partial charge on any atom is -0.381 e. The fraction of sp³-hybridized carbons (Fsp3) is 0.938. The van der Waals surface area contributed by atoms with Crippen LogP contribution in [-0.2, 0) is 9.53 Å². The van der Waals surface area contributed by atoms with E-state index >= 15 is 0 Å². The number of piperazine rings is 1. The van der Waals surface area contributed by atoms with Crippen LogP contribution >= 0.6 is 24.8 Å². The molecule has 1 unspecified atom stereocenters. The summed E-state index contributed by atoms with van der Waals surface area (Å²) in [6, 6.07) is 0. The van der Waals surface area contributed by atoms with E-state index in [-0.39, 0.29) is 30.7 Å². The van der Waals surface area contributed by atoms with Crippen LogP contribution in [0.15, 0.2) is 0 Å². The van der Waals surface area contributed by atoms with Gasteiger partial charge in [-0.15, -0.1) is 24.8 Å². The first-order valence-electron chi connectivity index (χ1n) is 8.57. The van der Waals surface area contributed by atoms with Crippen molar-refractivity contribution >= 4 is 30.7 Å². The van der Waals surface area contributed by atoms with E-state index in [0.717, 1.165) is 58.8 Å². The third-order valence-corrected chi connectivity index (χ3v) is 5.50. The van der Waals surface area contributed by atoms with Gasteiger partial charge in [0.1, 0.15) is 0 Å². The van der Waals surface area contributed by atoms with Crippen molar-refractivity contribution < 1.29 is 9.53 Å². The SMILES string of the molecule is Cl.Cl.NC[C@H]1CCC[C@H]1C(=O)N1CCN(CC2CCOC2)CC1. The predicted octanol–water partition coefficient (Wildman–Crippen LogP) is 1.39. The Balaban J connectivity index is 0.00000132. The molecule has 1 amide bonds. The van der Waals surface area contributed by atoms with Crippen LogP contribution in [0.4, 0.5) is 0 Å². The molecule has 3 rings (SSSR count). The topological polar surface area (TPSA) is 58.8 Å². The molecule has 0 aromatic carbocycles. The first-order valence-corrected chi connectivity index (χ1v) is 8.57. The minimum atomic E-state index is 0. The van der Waals surface area contributed by atoms with Crippen molar-refractivity contribution in [2.45, 2.75) is 25.7 Å². The Morgan fingerprint density at radius 1 is 1.09 bits per heavy atom. The maximum atomic E-state index is 12.7. The molecule has 23 heavy (non-hydrogen) atoms. The predicted molar refractivity (Wildman–Crippen MR) is 96.3 cm³/mol. The summed E-state index contributed by atoms with van der Waals surface area (Å²) < 4.78 is 5.45. The average molecular weight is 368 g/mol. The standard InChI is InChI=1S/C16H29N3O2.2ClH/c17-10-14-2-1-3-15(14)16(20)19-7-5-18(6-8-19)11-13-4-9-21-12-13;;/h13-15H,1-12,17H2;2*1H/t13?,14-,15-;;/m1../s1. The maximum absolute atomic E-state index is 12.7. The van der Waals surface area contributed by atoms with Gasteiger partial charge < -0.3 is 15.4 Å². The van der Waals surface area contributed by atoms with Gasteiger partial charge >= 0.3 is 0 Å². The van der Waals surface area contributed by atoms with Crippen molar-refractivity contribution in [3.05, 3.63) is 0 Å². The molecule has 2 heterocycles. The number of hydrogen-bond donors (Lipinski definition) is 1. The fourth-order valence-corrected chi connectivity index (χ4v) is 4.12. The van der Waals surface area contributed by atoms with Crippen LogP contribution in [0.25, 0.3) is 0 Å². The van der Waals surface area contributed by atoms with Gasteiger partial charge in [0.15, 0.2) is 0 Å². The van der Waals surface area contributed by atoms with Gasteiger partial charge in [-0.25, -0.2) is 0 Å². The van der Waals surface area contributed by atoms with Gasteiger partial charge in [-0.3, -0.25) is 9.69 Å². The molecule has 0 bridgehead atoms. The largest absolute Gasteiger partial charge is 0.381 e. The summed E-state index contributed by atoms with van der Waals surface area (Å²) in [4.78, 5) is 17.2. The monoisotopic (exact) mass is 367 g/mol. The molecule has 0 aromatic rings. The average Bonchev–Trinajstić information content (AvgIpc) is 3.18. The first-order chi connectivity index (χ1) is 10.3. The van der Waals surface area contributed by atoms with Crippen LogP contribution in [0, 0.1) is 17.8 Å². The lowest BCUT2D eigenvalue weighted by atomic mass is 9.94. The summed E-state index contributed by atoms with van der Waals surface area (Å²) in [6.07, 6.45) is 4.54. The number of amides is 1. The van der Waals surface area contributed by atoms with E-state index in [1.807, 2.05) is 0 Å². The minimum absolute atomic E-state index is 0. The molecule has 136 valence electrons. The fourth-order valence-electron chi connectivity index (χ4n) is 4.12. The van der Waals surface area contributed by atoms with Crippen LogP contribution in [0.1, 0.15) is 25.7 Å². The van der Waals surface area contributed by atoms with Crippen LogP contribution in [0.3, 0.4) is 0 Å². The molecule has 3 fully saturated rings. The zero-order valence-corrected chi connectivity index (χ0v) is 15.5. The number of carbonyl (C=O) groups excluding carboxylic acids is 1. The highest BCUT2D eigenvalue weighted by molar-refractivity contribution is 5.85. The Morgan fingerprint density at radius 3 is 2.43 bits per heavy atom. The normalized spacial score (nSPS) is 31.5. The highest BCUT2D eigenvalue weighted by Crippen LogP contribution is 2.32. The summed E-state index contributed by atoms with van der Waals surface area (Å²) in [6.45, 7) is 7.45. The molecule has 2 aliphatic heterocycles. The second-order valence-corrected chi connectivity index (χ2v) is 6.89. The van der Waals surface area contributed by atoms with Gasteiger partial charge in [0.25, 0.3) is 0 Å². The molecule has 0 aromatic heterocycles. The summed E-state index contributed by atoms with van der Waals surface area (Å²) in [7, 11) is 0. The van der Waals surface area contributed by atoms with Gasteiger partial charge in [-0.05, 0) is 37.6 Å². The van der Waals surface area contributed by atoms with E-state index < -0.39 is 0 Å². The summed E-state index contributed by atoms with van der Waals surface area (Å²) >= 11 is 0. The first kappa shape index (κ1) is 21.0. The molecule has 2 N–H and O–H groups in total. The van der Waals surface area contributed by atoms with Crippen molar-refractivity contribution in [1.29, 1.82) is 0 Å². The summed E-state index contributed by atoms with van der Waals surface area (Å²) in [5.41, 5.74) is 5.81. The van der Waals surface area contributed by atoms with E-state index in [1.165, 1.54) is 12.8 Å². The van der Waals surface area contributed by atoms with Crippen LogP contribution < -0.4 is 5.73 Å². The van der Waals surface area contributed by atoms with E-state index in [9.17, 15) is 4.79 Å². The van der Waals surface area contributed by atoms with Crippen LogP contribution in [0.5, 0.6) is 0 Å². The van der Waals surface area contributed by atoms with E-state index in [4.69, 9.17) is 10.5 Å². The van der Waals surface area contributed by atoms with Gasteiger partial charge in [-0.1, -0.05) is 6.42 Å². The molecule has 1 saturated carbocycles. The second kappa shape index (κ2) is 10.0. The van der Waals surface area contributed by atoms with E-state index in [1.54, 1.807) is 0 Å². The van der Waals surface area contributed by atoms with E-state index in [2.05, 4.69) is 9.80 Å². The number of carbonyl (C=O) groups is 1. The van der Waals surface area contributed by atoms with E-state index in [0.29, 0.717) is 24.3 Å². The molecule has 1 aliphatic carbocycles. The van der Waals surface area contributed by atoms with Crippen molar-refractivity contribution in [2.24, 2.45) is 23.5 Å². The zero-order chi connectivity index (χ0) is 14.7. The van der Waals surface area contributed by atoms with Crippen molar-refractivity contribution in [3.8, 4) is 0 Å². The number of nitrogens with zero attached hydrogens (tertiary/aromatic N) is 2. The molecule has 0 spiro atoms. The molecule has 3 aliphatic rings. The van der Waals surface area contributed by atoms with Crippen LogP contribution in [-0.4, -0.2) is 68.2 Å². The van der Waals surface area contributed by atoms with Crippen molar-refractivity contribution in [2.75, 3.05) is 52.5 Å². The number of nitrogens with two attached hydrogens (primary N) is 1. The highest BCUT2D eigenvalue weighted by atomic mass is 35.5. The number of hydrogen-bond acceptors (Lipinski definition) is 4. The molecule has 2 saturated heterocycles. The highest BCUT2D eigenvalue weighted by Gasteiger charge is 2.35. The van der Waals surface area contributed by atoms with Gasteiger partial charge in [-0.2, -0.15) is 0 Å². The summed E-state index contributed by atoms with van der Waals surface area (Å²) in [5, 5.41) is 0. The molecule has 5 nitrogen and oxygen atoms in total. The zero-order valence-electron chi connectivity index (χ0n) is 13.8. The lowest BCUT2D eigenvalue weighted by Gasteiger charge is -2.37. The third-order valence-electron chi connectivity index (χ3n) is 5.50. The Kier molecular flexibility index (Phi) is 9.16. The van der Waals surface area contributed by atoms with Gasteiger partial charge in [0.05, 0.1) is 6.61 Å². The molecule has 0 radical (unpaired) electrons. The molecule has 7 heteroatoms. The smallest absolute Gasteiger partial charge is 0.226 e.